The van der Waals surface area contributed by atoms with E-state index in [1.807, 2.05) is 25.4 Å². The van der Waals surface area contributed by atoms with E-state index in [4.69, 9.17) is 15.6 Å². The van der Waals surface area contributed by atoms with Gasteiger partial charge in [0, 0.05) is 30.2 Å². The van der Waals surface area contributed by atoms with E-state index in [2.05, 4.69) is 30.4 Å². The van der Waals surface area contributed by atoms with Crippen LogP contribution in [-0.2, 0) is 11.3 Å². The molecule has 2 fully saturated rings. The monoisotopic (exact) mass is 356 g/mol. The predicted molar refractivity (Wildman–Crippen MR) is 99.5 cm³/mol. The summed E-state index contributed by atoms with van der Waals surface area (Å²) in [6.07, 6.45) is 6.89. The minimum absolute atomic E-state index is 0.0592. The predicted octanol–water partition coefficient (Wildman–Crippen LogP) is 3.81. The van der Waals surface area contributed by atoms with Crippen molar-refractivity contribution in [2.75, 3.05) is 0 Å². The Morgan fingerprint density at radius 3 is 2.88 bits per heavy atom. The molecule has 2 aliphatic rings. The van der Waals surface area contributed by atoms with Crippen LogP contribution in [0, 0.1) is 23.7 Å². The number of carbonyl (C=O) groups is 1. The van der Waals surface area contributed by atoms with Gasteiger partial charge in [0.2, 0.25) is 0 Å². The Labute approximate surface area is 154 Å². The first-order valence-corrected chi connectivity index (χ1v) is 9.40. The highest BCUT2D eigenvalue weighted by atomic mass is 16.6. The number of aryl methyl sites for hydroxylation is 1. The van der Waals surface area contributed by atoms with E-state index in [1.54, 1.807) is 0 Å². The second-order valence-corrected chi connectivity index (χ2v) is 9.42. The van der Waals surface area contributed by atoms with E-state index in [0.717, 1.165) is 48.8 Å². The largest absolute Gasteiger partial charge is 0.443 e. The van der Waals surface area contributed by atoms with E-state index in [1.165, 1.54) is 0 Å². The van der Waals surface area contributed by atoms with Crippen molar-refractivity contribution < 1.29 is 9.53 Å². The second-order valence-electron chi connectivity index (χ2n) is 9.42. The zero-order valence-electron chi connectivity index (χ0n) is 16.1. The van der Waals surface area contributed by atoms with Crippen LogP contribution in [0.25, 0.3) is 10.9 Å². The van der Waals surface area contributed by atoms with Gasteiger partial charge in [-0.1, -0.05) is 20.8 Å². The molecule has 0 aliphatic heterocycles. The number of amides is 1. The minimum atomic E-state index is -0.650. The third-order valence-corrected chi connectivity index (χ3v) is 6.60. The first-order chi connectivity index (χ1) is 12.1. The average molecular weight is 356 g/mol. The maximum atomic E-state index is 11.6. The van der Waals surface area contributed by atoms with E-state index < -0.39 is 11.7 Å². The number of rotatable bonds is 3. The van der Waals surface area contributed by atoms with E-state index in [9.17, 15) is 4.79 Å². The van der Waals surface area contributed by atoms with Gasteiger partial charge in [0.05, 0.1) is 11.2 Å². The fourth-order valence-corrected chi connectivity index (χ4v) is 5.65. The van der Waals surface area contributed by atoms with Crippen molar-refractivity contribution in [2.24, 2.45) is 22.5 Å². The molecule has 2 aromatic rings. The number of nitrogens with zero attached hydrogens (tertiary/aromatic N) is 3. The summed E-state index contributed by atoms with van der Waals surface area (Å²) in [4.78, 5) is 15.9. The molecule has 6 heteroatoms. The van der Waals surface area contributed by atoms with Crippen LogP contribution in [0.4, 0.5) is 4.79 Å². The third-order valence-electron chi connectivity index (χ3n) is 6.60. The summed E-state index contributed by atoms with van der Waals surface area (Å²) >= 11 is 0. The number of nitrogens with two attached hydrogens (primary N) is 1. The van der Waals surface area contributed by atoms with Gasteiger partial charge in [-0.3, -0.25) is 9.67 Å². The average Bonchev–Trinajstić information content (AvgIpc) is 3.15. The lowest BCUT2D eigenvalue weighted by Gasteiger charge is -2.42. The molecule has 2 saturated carbocycles. The smallest absolute Gasteiger partial charge is 0.405 e. The number of fused-ring (bicyclic) bond motifs is 3. The molecule has 0 saturated heterocycles. The van der Waals surface area contributed by atoms with Crippen molar-refractivity contribution in [3.05, 3.63) is 24.2 Å². The van der Waals surface area contributed by atoms with Gasteiger partial charge in [0.25, 0.3) is 0 Å². The van der Waals surface area contributed by atoms with Crippen molar-refractivity contribution in [1.29, 1.82) is 0 Å². The van der Waals surface area contributed by atoms with Crippen molar-refractivity contribution in [1.82, 2.24) is 14.8 Å². The summed E-state index contributed by atoms with van der Waals surface area (Å²) < 4.78 is 7.91. The normalized spacial score (nSPS) is 30.8. The number of hydrogen-bond acceptors (Lipinski definition) is 4. The topological polar surface area (TPSA) is 83.0 Å². The molecule has 2 N–H and O–H groups in total. The Bertz CT molecular complexity index is 868. The Morgan fingerprint density at radius 1 is 1.42 bits per heavy atom. The number of carbonyl (C=O) groups excluding carboxylic acids is 1. The zero-order chi connectivity index (χ0) is 18.7. The van der Waals surface area contributed by atoms with E-state index in [0.29, 0.717) is 5.92 Å². The zero-order valence-corrected chi connectivity index (χ0v) is 16.1. The molecule has 2 aliphatic carbocycles. The molecule has 3 atom stereocenters. The first-order valence-electron chi connectivity index (χ1n) is 9.40. The van der Waals surface area contributed by atoms with Crippen LogP contribution in [-0.4, -0.2) is 26.5 Å². The van der Waals surface area contributed by atoms with Crippen LogP contribution in [0.2, 0.25) is 0 Å². The summed E-state index contributed by atoms with van der Waals surface area (Å²) in [7, 11) is 0. The number of primary amides is 1. The Kier molecular flexibility index (Phi) is 3.62. The molecular formula is C20H28N4O2. The summed E-state index contributed by atoms with van der Waals surface area (Å²) in [5, 5.41) is 5.88. The van der Waals surface area contributed by atoms with Gasteiger partial charge in [-0.05, 0) is 49.5 Å². The van der Waals surface area contributed by atoms with Crippen molar-refractivity contribution in [3.63, 3.8) is 0 Å². The van der Waals surface area contributed by atoms with Crippen molar-refractivity contribution in [2.45, 2.75) is 65.5 Å². The Morgan fingerprint density at radius 2 is 2.19 bits per heavy atom. The molecule has 2 aromatic heterocycles. The lowest BCUT2D eigenvalue weighted by molar-refractivity contribution is -0.0522. The van der Waals surface area contributed by atoms with Crippen molar-refractivity contribution in [3.8, 4) is 0 Å². The lowest BCUT2D eigenvalue weighted by atomic mass is 9.67. The molecule has 6 nitrogen and oxygen atoms in total. The Hall–Kier alpha value is -2.11. The first kappa shape index (κ1) is 17.3. The highest BCUT2D eigenvalue weighted by Gasteiger charge is 2.64. The molecule has 4 rings (SSSR count). The molecule has 0 radical (unpaired) electrons. The maximum Gasteiger partial charge on any atom is 0.405 e. The maximum absolute atomic E-state index is 11.6. The molecule has 26 heavy (non-hydrogen) atoms. The summed E-state index contributed by atoms with van der Waals surface area (Å²) in [6, 6.07) is 2.03. The number of aromatic nitrogens is 3. The third kappa shape index (κ3) is 2.58. The van der Waals surface area contributed by atoms with E-state index >= 15 is 0 Å². The van der Waals surface area contributed by atoms with Crippen LogP contribution < -0.4 is 5.73 Å². The highest BCUT2D eigenvalue weighted by molar-refractivity contribution is 5.80. The van der Waals surface area contributed by atoms with Crippen LogP contribution >= 0.6 is 0 Å². The van der Waals surface area contributed by atoms with Crippen LogP contribution in [0.1, 0.15) is 52.1 Å². The molecule has 140 valence electrons. The SMILES string of the molecule is Cc1nn(CC23CCC(OC(N)=O)(C2)C(C(C)(C)C)C3)c2ccncc12. The summed E-state index contributed by atoms with van der Waals surface area (Å²) in [5.41, 5.74) is 7.31. The standard InChI is InChI=1S/C20H28N4O2/c1-13-14-10-22-8-5-15(14)24(23-13)12-19-6-7-20(11-19,26-17(21)25)16(9-19)18(2,3)4/h5,8,10,16H,6-7,9,11-12H2,1-4H3,(H2,21,25). The van der Waals surface area contributed by atoms with Gasteiger partial charge >= 0.3 is 6.09 Å². The van der Waals surface area contributed by atoms with Gasteiger partial charge < -0.3 is 10.5 Å². The van der Waals surface area contributed by atoms with Gasteiger partial charge in [-0.15, -0.1) is 0 Å². The lowest BCUT2D eigenvalue weighted by Crippen LogP contribution is -2.45. The second kappa shape index (κ2) is 5.44. The molecule has 1 amide bonds. The molecular weight excluding hydrogens is 328 g/mol. The van der Waals surface area contributed by atoms with Gasteiger partial charge in [0.15, 0.2) is 0 Å². The van der Waals surface area contributed by atoms with Crippen molar-refractivity contribution >= 4 is 17.0 Å². The highest BCUT2D eigenvalue weighted by Crippen LogP contribution is 2.65. The molecule has 0 spiro atoms. The molecule has 3 unspecified atom stereocenters. The fourth-order valence-electron chi connectivity index (χ4n) is 5.65. The van der Waals surface area contributed by atoms with Gasteiger partial charge in [-0.25, -0.2) is 4.79 Å². The minimum Gasteiger partial charge on any atom is -0.443 e. The van der Waals surface area contributed by atoms with E-state index in [-0.39, 0.29) is 10.8 Å². The summed E-state index contributed by atoms with van der Waals surface area (Å²) in [5.74, 6) is 0.306. The quantitative estimate of drug-likeness (QED) is 0.906. The van der Waals surface area contributed by atoms with Crippen LogP contribution in [0.3, 0.4) is 0 Å². The molecule has 2 bridgehead atoms. The van der Waals surface area contributed by atoms with Gasteiger partial charge in [0.1, 0.15) is 5.60 Å². The molecule has 0 aromatic carbocycles. The van der Waals surface area contributed by atoms with Crippen LogP contribution in [0.5, 0.6) is 0 Å². The Balaban J connectivity index is 1.70. The number of pyridine rings is 1. The van der Waals surface area contributed by atoms with Gasteiger partial charge in [-0.2, -0.15) is 5.10 Å². The number of ether oxygens (including phenoxy) is 1. The summed E-state index contributed by atoms with van der Waals surface area (Å²) in [6.45, 7) is 9.57. The molecule has 2 heterocycles. The number of hydrogen-bond donors (Lipinski definition) is 1. The van der Waals surface area contributed by atoms with Crippen LogP contribution in [0.15, 0.2) is 18.5 Å². The fraction of sp³-hybridized carbons (Fsp3) is 0.650.